The van der Waals surface area contributed by atoms with E-state index in [0.717, 1.165) is 12.8 Å². The first-order chi connectivity index (χ1) is 11.3. The number of hydrogen-bond donors (Lipinski definition) is 2. The van der Waals surface area contributed by atoms with Crippen molar-refractivity contribution >= 4 is 6.03 Å². The summed E-state index contributed by atoms with van der Waals surface area (Å²) >= 11 is 0. The highest BCUT2D eigenvalue weighted by atomic mass is 19.3. The van der Waals surface area contributed by atoms with E-state index in [1.54, 1.807) is 6.07 Å². The van der Waals surface area contributed by atoms with E-state index in [-0.39, 0.29) is 18.0 Å². The second-order valence-electron chi connectivity index (χ2n) is 7.44. The van der Waals surface area contributed by atoms with E-state index in [2.05, 4.69) is 20.4 Å². The molecule has 1 aromatic rings. The van der Waals surface area contributed by atoms with Crippen LogP contribution < -0.4 is 15.4 Å². The molecule has 2 fully saturated rings. The maximum absolute atomic E-state index is 12.3. The number of nitrogens with zero attached hydrogens (tertiary/aromatic N) is 1. The van der Waals surface area contributed by atoms with Crippen molar-refractivity contribution in [2.75, 3.05) is 0 Å². The van der Waals surface area contributed by atoms with Crippen molar-refractivity contribution in [2.24, 2.45) is 5.41 Å². The fraction of sp³-hybridized carbons (Fsp3) is 0.647. The van der Waals surface area contributed by atoms with Crippen molar-refractivity contribution < 1.29 is 18.3 Å². The molecule has 0 unspecified atom stereocenters. The van der Waals surface area contributed by atoms with Gasteiger partial charge in [0.1, 0.15) is 0 Å². The minimum Gasteiger partial charge on any atom is -0.417 e. The molecule has 1 spiro atoms. The van der Waals surface area contributed by atoms with Crippen LogP contribution in [0.4, 0.5) is 13.6 Å². The van der Waals surface area contributed by atoms with E-state index in [0.29, 0.717) is 11.0 Å². The predicted molar refractivity (Wildman–Crippen MR) is 84.9 cm³/mol. The highest BCUT2D eigenvalue weighted by Crippen LogP contribution is 2.55. The Labute approximate surface area is 140 Å². The van der Waals surface area contributed by atoms with Crippen molar-refractivity contribution in [1.29, 1.82) is 0 Å². The molecule has 7 heteroatoms. The molecule has 2 N–H and O–H groups in total. The molecule has 2 amide bonds. The van der Waals surface area contributed by atoms with E-state index in [1.807, 2.05) is 13.8 Å². The number of halogens is 2. The van der Waals surface area contributed by atoms with Crippen molar-refractivity contribution in [1.82, 2.24) is 15.6 Å². The Hall–Kier alpha value is -1.92. The quantitative estimate of drug-likeness (QED) is 0.862. The van der Waals surface area contributed by atoms with E-state index in [4.69, 9.17) is 0 Å². The molecule has 2 aliphatic rings. The number of amides is 2. The minimum absolute atomic E-state index is 0.163. The summed E-state index contributed by atoms with van der Waals surface area (Å²) in [5.41, 5.74) is 0.415. The van der Waals surface area contributed by atoms with Crippen LogP contribution in [0.2, 0.25) is 0 Å². The lowest BCUT2D eigenvalue weighted by Gasteiger charge is -2.54. The maximum Gasteiger partial charge on any atom is 0.388 e. The van der Waals surface area contributed by atoms with Gasteiger partial charge < -0.3 is 15.4 Å². The second-order valence-corrected chi connectivity index (χ2v) is 7.44. The maximum atomic E-state index is 12.3. The van der Waals surface area contributed by atoms with Gasteiger partial charge >= 0.3 is 12.6 Å². The highest BCUT2D eigenvalue weighted by Gasteiger charge is 2.48. The molecule has 0 radical (unpaired) electrons. The fourth-order valence-electron chi connectivity index (χ4n) is 3.70. The van der Waals surface area contributed by atoms with E-state index < -0.39 is 12.2 Å². The van der Waals surface area contributed by atoms with Gasteiger partial charge in [-0.1, -0.05) is 6.42 Å². The Morgan fingerprint density at radius 3 is 2.71 bits per heavy atom. The molecule has 0 atom stereocenters. The van der Waals surface area contributed by atoms with Gasteiger partial charge in [0.15, 0.2) is 0 Å². The zero-order chi connectivity index (χ0) is 17.4. The SMILES string of the molecule is CC(C)(NC(=O)NC1CC2(CCC2)C1)c1ccnc(OC(F)F)c1. The summed E-state index contributed by atoms with van der Waals surface area (Å²) in [4.78, 5) is 16.0. The van der Waals surface area contributed by atoms with Gasteiger partial charge in [-0.25, -0.2) is 9.78 Å². The molecular weight excluding hydrogens is 316 g/mol. The standard InChI is InChI=1S/C17H23F2N3O2/c1-16(2,11-4-7-20-13(8-11)24-14(18)19)22-15(23)21-12-9-17(10-12)5-3-6-17/h4,7-8,12,14H,3,5-6,9-10H2,1-2H3,(H2,21,22,23). The molecule has 0 saturated heterocycles. The highest BCUT2D eigenvalue weighted by molar-refractivity contribution is 5.75. The summed E-state index contributed by atoms with van der Waals surface area (Å²) < 4.78 is 28.9. The number of pyridine rings is 1. The number of rotatable bonds is 5. The molecule has 132 valence electrons. The minimum atomic E-state index is -2.93. The number of alkyl halides is 2. The van der Waals surface area contributed by atoms with Crippen LogP contribution in [0.3, 0.4) is 0 Å². The van der Waals surface area contributed by atoms with Crippen LogP contribution in [0.15, 0.2) is 18.3 Å². The van der Waals surface area contributed by atoms with Crippen LogP contribution in [0.5, 0.6) is 5.88 Å². The molecule has 0 aromatic carbocycles. The Kier molecular flexibility index (Phi) is 4.36. The third-order valence-corrected chi connectivity index (χ3v) is 5.20. The number of aromatic nitrogens is 1. The smallest absolute Gasteiger partial charge is 0.388 e. The van der Waals surface area contributed by atoms with Crippen molar-refractivity contribution in [3.63, 3.8) is 0 Å². The first-order valence-corrected chi connectivity index (χ1v) is 8.28. The Balaban J connectivity index is 1.55. The summed E-state index contributed by atoms with van der Waals surface area (Å²) in [6, 6.07) is 3.08. The Bertz CT molecular complexity index is 610. The number of ether oxygens (including phenoxy) is 1. The first kappa shape index (κ1) is 16.9. The average molecular weight is 339 g/mol. The van der Waals surface area contributed by atoms with Crippen LogP contribution in [0.1, 0.15) is 51.5 Å². The van der Waals surface area contributed by atoms with Gasteiger partial charge in [-0.05, 0) is 56.6 Å². The topological polar surface area (TPSA) is 63.2 Å². The Morgan fingerprint density at radius 2 is 2.12 bits per heavy atom. The van der Waals surface area contributed by atoms with Crippen LogP contribution in [0, 0.1) is 5.41 Å². The summed E-state index contributed by atoms with van der Waals surface area (Å²) in [5.74, 6) is -0.163. The van der Waals surface area contributed by atoms with Gasteiger partial charge in [0.05, 0.1) is 5.54 Å². The molecule has 2 aliphatic carbocycles. The fourth-order valence-corrected chi connectivity index (χ4v) is 3.70. The van der Waals surface area contributed by atoms with E-state index in [9.17, 15) is 13.6 Å². The lowest BCUT2D eigenvalue weighted by molar-refractivity contribution is -0.0529. The molecule has 0 bridgehead atoms. The van der Waals surface area contributed by atoms with E-state index in [1.165, 1.54) is 31.5 Å². The number of hydrogen-bond acceptors (Lipinski definition) is 3. The average Bonchev–Trinajstić information content (AvgIpc) is 2.39. The van der Waals surface area contributed by atoms with Gasteiger partial charge in [0.25, 0.3) is 0 Å². The summed E-state index contributed by atoms with van der Waals surface area (Å²) in [6.07, 6.45) is 7.37. The summed E-state index contributed by atoms with van der Waals surface area (Å²) in [5, 5.41) is 5.89. The van der Waals surface area contributed by atoms with Gasteiger partial charge in [0.2, 0.25) is 5.88 Å². The van der Waals surface area contributed by atoms with Gasteiger partial charge in [-0.15, -0.1) is 0 Å². The first-order valence-electron chi connectivity index (χ1n) is 8.28. The van der Waals surface area contributed by atoms with Crippen molar-refractivity contribution in [3.8, 4) is 5.88 Å². The predicted octanol–water partition coefficient (Wildman–Crippen LogP) is 3.55. The van der Waals surface area contributed by atoms with Crippen molar-refractivity contribution in [3.05, 3.63) is 23.9 Å². The van der Waals surface area contributed by atoms with Crippen LogP contribution in [-0.2, 0) is 5.54 Å². The molecule has 24 heavy (non-hydrogen) atoms. The van der Waals surface area contributed by atoms with Crippen LogP contribution >= 0.6 is 0 Å². The molecule has 2 saturated carbocycles. The lowest BCUT2D eigenvalue weighted by Crippen LogP contribution is -2.57. The zero-order valence-electron chi connectivity index (χ0n) is 13.9. The van der Waals surface area contributed by atoms with Crippen molar-refractivity contribution in [2.45, 2.75) is 64.1 Å². The largest absolute Gasteiger partial charge is 0.417 e. The number of carbonyl (C=O) groups is 1. The molecule has 5 nitrogen and oxygen atoms in total. The summed E-state index contributed by atoms with van der Waals surface area (Å²) in [6.45, 7) is 0.689. The Morgan fingerprint density at radius 1 is 1.42 bits per heavy atom. The summed E-state index contributed by atoms with van der Waals surface area (Å²) in [7, 11) is 0. The molecule has 1 heterocycles. The monoisotopic (exact) mass is 339 g/mol. The van der Waals surface area contributed by atoms with Crippen LogP contribution in [-0.4, -0.2) is 23.7 Å². The zero-order valence-corrected chi connectivity index (χ0v) is 13.9. The number of carbonyl (C=O) groups excluding carboxylic acids is 1. The second kappa shape index (κ2) is 6.18. The van der Waals surface area contributed by atoms with Crippen LogP contribution in [0.25, 0.3) is 0 Å². The number of urea groups is 1. The molecule has 0 aliphatic heterocycles. The molecular formula is C17H23F2N3O2. The number of nitrogens with one attached hydrogen (secondary N) is 2. The molecule has 1 aromatic heterocycles. The lowest BCUT2D eigenvalue weighted by atomic mass is 9.54. The van der Waals surface area contributed by atoms with E-state index >= 15 is 0 Å². The molecule has 3 rings (SSSR count). The third-order valence-electron chi connectivity index (χ3n) is 5.20. The van der Waals surface area contributed by atoms with Gasteiger partial charge in [-0.2, -0.15) is 8.78 Å². The normalized spacial score (nSPS) is 19.5. The van der Waals surface area contributed by atoms with Gasteiger partial charge in [0, 0.05) is 18.3 Å². The third kappa shape index (κ3) is 3.60. The van der Waals surface area contributed by atoms with Gasteiger partial charge in [-0.3, -0.25) is 0 Å².